The Morgan fingerprint density at radius 1 is 1.17 bits per heavy atom. The Balaban J connectivity index is 3.40. The molecule has 0 aliphatic heterocycles. The van der Waals surface area contributed by atoms with Gasteiger partial charge in [0.05, 0.1) is 5.69 Å². The zero-order valence-electron chi connectivity index (χ0n) is 6.96. The molecule has 1 aromatic carbocycles. The van der Waals surface area contributed by atoms with Crippen molar-refractivity contribution in [1.29, 1.82) is 0 Å². The Labute approximate surface area is 72.8 Å². The molecule has 1 heteroatoms. The van der Waals surface area contributed by atoms with Crippen LogP contribution in [0.15, 0.2) is 36.3 Å². The van der Waals surface area contributed by atoms with E-state index < -0.39 is 0 Å². The Hall–Kier alpha value is -1.63. The Kier molecular flexibility index (Phi) is 2.59. The topological polar surface area (TPSA) is 12.4 Å². The molecule has 0 heterocycles. The van der Waals surface area contributed by atoms with Gasteiger partial charge in [-0.05, 0) is 18.3 Å². The van der Waals surface area contributed by atoms with Gasteiger partial charge in [-0.1, -0.05) is 37.4 Å². The molecule has 0 radical (unpaired) electrons. The van der Waals surface area contributed by atoms with Crippen molar-refractivity contribution in [2.75, 3.05) is 0 Å². The minimum Gasteiger partial charge on any atom is -0.264 e. The quantitative estimate of drug-likeness (QED) is 0.597. The SMILES string of the molecule is C=Cc1cccc(N=C)c1C=C. The molecule has 0 bridgehead atoms. The van der Waals surface area contributed by atoms with E-state index in [1.54, 1.807) is 12.2 Å². The number of rotatable bonds is 3. The van der Waals surface area contributed by atoms with Crippen LogP contribution >= 0.6 is 0 Å². The van der Waals surface area contributed by atoms with E-state index in [9.17, 15) is 0 Å². The molecule has 12 heavy (non-hydrogen) atoms. The van der Waals surface area contributed by atoms with Gasteiger partial charge in [-0.3, -0.25) is 4.99 Å². The van der Waals surface area contributed by atoms with Crippen molar-refractivity contribution < 1.29 is 0 Å². The fourth-order valence-corrected chi connectivity index (χ4v) is 1.11. The highest BCUT2D eigenvalue weighted by Gasteiger charge is 1.99. The van der Waals surface area contributed by atoms with E-state index in [1.165, 1.54) is 0 Å². The number of aliphatic imine (C=N–C) groups is 1. The maximum Gasteiger partial charge on any atom is 0.0700 e. The first kappa shape index (κ1) is 8.47. The number of hydrogen-bond acceptors (Lipinski definition) is 1. The number of hydrogen-bond donors (Lipinski definition) is 0. The van der Waals surface area contributed by atoms with Crippen LogP contribution < -0.4 is 0 Å². The molecule has 0 aliphatic carbocycles. The van der Waals surface area contributed by atoms with Crippen LogP contribution in [0.2, 0.25) is 0 Å². The summed E-state index contributed by atoms with van der Waals surface area (Å²) in [7, 11) is 0. The molecule has 0 N–H and O–H groups in total. The van der Waals surface area contributed by atoms with Crippen LogP contribution in [0, 0.1) is 0 Å². The molecule has 0 saturated heterocycles. The molecule has 0 aromatic heterocycles. The normalized spacial score (nSPS) is 9.00. The molecule has 0 saturated carbocycles. The summed E-state index contributed by atoms with van der Waals surface area (Å²) >= 11 is 0. The molecule has 1 nitrogen and oxygen atoms in total. The smallest absolute Gasteiger partial charge is 0.0700 e. The lowest BCUT2D eigenvalue weighted by Crippen LogP contribution is -1.79. The largest absolute Gasteiger partial charge is 0.264 e. The maximum absolute atomic E-state index is 3.88. The summed E-state index contributed by atoms with van der Waals surface area (Å²) in [6.07, 6.45) is 3.55. The number of nitrogens with zero attached hydrogens (tertiary/aromatic N) is 1. The second kappa shape index (κ2) is 3.67. The van der Waals surface area contributed by atoms with Crippen LogP contribution in [0.1, 0.15) is 11.1 Å². The highest BCUT2D eigenvalue weighted by Crippen LogP contribution is 2.23. The van der Waals surface area contributed by atoms with Crippen LogP contribution in [0.25, 0.3) is 12.2 Å². The van der Waals surface area contributed by atoms with Gasteiger partial charge in [0.25, 0.3) is 0 Å². The van der Waals surface area contributed by atoms with Crippen molar-refractivity contribution in [3.8, 4) is 0 Å². The zero-order chi connectivity index (χ0) is 8.97. The Morgan fingerprint density at radius 2 is 1.92 bits per heavy atom. The van der Waals surface area contributed by atoms with E-state index in [-0.39, 0.29) is 0 Å². The third-order valence-corrected chi connectivity index (χ3v) is 1.71. The summed E-state index contributed by atoms with van der Waals surface area (Å²) < 4.78 is 0. The predicted molar refractivity (Wildman–Crippen MR) is 55.8 cm³/mol. The first-order valence-corrected chi connectivity index (χ1v) is 3.68. The van der Waals surface area contributed by atoms with Crippen molar-refractivity contribution in [1.82, 2.24) is 0 Å². The van der Waals surface area contributed by atoms with Crippen LogP contribution in [-0.2, 0) is 0 Å². The zero-order valence-corrected chi connectivity index (χ0v) is 6.96. The Morgan fingerprint density at radius 3 is 2.42 bits per heavy atom. The predicted octanol–water partition coefficient (Wildman–Crippen LogP) is 3.30. The lowest BCUT2D eigenvalue weighted by atomic mass is 10.1. The monoisotopic (exact) mass is 157 g/mol. The van der Waals surface area contributed by atoms with E-state index in [0.29, 0.717) is 0 Å². The van der Waals surface area contributed by atoms with E-state index >= 15 is 0 Å². The molecule has 60 valence electrons. The fraction of sp³-hybridized carbons (Fsp3) is 0. The molecular formula is C11H11N. The molecule has 0 amide bonds. The molecular weight excluding hydrogens is 146 g/mol. The first-order chi connectivity index (χ1) is 5.83. The van der Waals surface area contributed by atoms with Crippen molar-refractivity contribution in [2.24, 2.45) is 4.99 Å². The van der Waals surface area contributed by atoms with E-state index in [0.717, 1.165) is 16.8 Å². The average Bonchev–Trinajstić information content (AvgIpc) is 2.16. The minimum atomic E-state index is 0.849. The summed E-state index contributed by atoms with van der Waals surface area (Å²) in [5.41, 5.74) is 2.87. The van der Waals surface area contributed by atoms with Gasteiger partial charge in [0, 0.05) is 5.56 Å². The van der Waals surface area contributed by atoms with Gasteiger partial charge in [0.15, 0.2) is 0 Å². The molecule has 0 atom stereocenters. The Bertz CT molecular complexity index is 298. The standard InChI is InChI=1S/C11H11N/c1-4-9-7-6-8-11(12-3)10(9)5-2/h4-8H,1-3H2. The van der Waals surface area contributed by atoms with E-state index in [1.807, 2.05) is 18.2 Å². The maximum atomic E-state index is 3.88. The second-order valence-electron chi connectivity index (χ2n) is 2.35. The molecule has 0 aliphatic rings. The fourth-order valence-electron chi connectivity index (χ4n) is 1.11. The van der Waals surface area contributed by atoms with Gasteiger partial charge in [-0.15, -0.1) is 0 Å². The summed E-state index contributed by atoms with van der Waals surface area (Å²) in [6, 6.07) is 5.80. The minimum absolute atomic E-state index is 0.849. The van der Waals surface area contributed by atoms with Gasteiger partial charge < -0.3 is 0 Å². The van der Waals surface area contributed by atoms with Crippen molar-refractivity contribution >= 4 is 24.6 Å². The van der Waals surface area contributed by atoms with E-state index in [4.69, 9.17) is 0 Å². The molecule has 1 rings (SSSR count). The third-order valence-electron chi connectivity index (χ3n) is 1.71. The lowest BCUT2D eigenvalue weighted by Gasteiger charge is -2.03. The molecule has 0 unspecified atom stereocenters. The second-order valence-corrected chi connectivity index (χ2v) is 2.35. The first-order valence-electron chi connectivity index (χ1n) is 3.68. The third kappa shape index (κ3) is 1.35. The van der Waals surface area contributed by atoms with Crippen LogP contribution in [0.5, 0.6) is 0 Å². The van der Waals surface area contributed by atoms with Gasteiger partial charge in [0.1, 0.15) is 0 Å². The lowest BCUT2D eigenvalue weighted by molar-refractivity contribution is 1.51. The summed E-state index contributed by atoms with van der Waals surface area (Å²) in [5.74, 6) is 0. The average molecular weight is 157 g/mol. The summed E-state index contributed by atoms with van der Waals surface area (Å²) in [6.45, 7) is 10.9. The molecule has 1 aromatic rings. The van der Waals surface area contributed by atoms with Crippen molar-refractivity contribution in [2.45, 2.75) is 0 Å². The summed E-state index contributed by atoms with van der Waals surface area (Å²) in [5, 5.41) is 0. The van der Waals surface area contributed by atoms with Gasteiger partial charge in [-0.2, -0.15) is 0 Å². The van der Waals surface area contributed by atoms with Crippen LogP contribution in [-0.4, -0.2) is 6.72 Å². The number of benzene rings is 1. The van der Waals surface area contributed by atoms with Crippen LogP contribution in [0.3, 0.4) is 0 Å². The van der Waals surface area contributed by atoms with Gasteiger partial charge in [0.2, 0.25) is 0 Å². The molecule has 0 spiro atoms. The summed E-state index contributed by atoms with van der Waals surface area (Å²) in [4.78, 5) is 3.88. The highest BCUT2D eigenvalue weighted by atomic mass is 14.7. The van der Waals surface area contributed by atoms with Crippen molar-refractivity contribution in [3.05, 3.63) is 42.5 Å². The van der Waals surface area contributed by atoms with E-state index in [2.05, 4.69) is 24.9 Å². The molecule has 0 fully saturated rings. The highest BCUT2D eigenvalue weighted by molar-refractivity contribution is 5.74. The van der Waals surface area contributed by atoms with Gasteiger partial charge in [-0.25, -0.2) is 0 Å². The van der Waals surface area contributed by atoms with Gasteiger partial charge >= 0.3 is 0 Å². The van der Waals surface area contributed by atoms with Crippen molar-refractivity contribution in [3.63, 3.8) is 0 Å². The van der Waals surface area contributed by atoms with Crippen LogP contribution in [0.4, 0.5) is 5.69 Å².